The van der Waals surface area contributed by atoms with Gasteiger partial charge < -0.3 is 10.6 Å². The molecule has 0 unspecified atom stereocenters. The number of aromatic nitrogens is 4. The van der Waals surface area contributed by atoms with E-state index >= 15 is 0 Å². The fourth-order valence-corrected chi connectivity index (χ4v) is 1.41. The van der Waals surface area contributed by atoms with Gasteiger partial charge >= 0.3 is 0 Å². The Balaban J connectivity index is 2.36. The van der Waals surface area contributed by atoms with E-state index in [1.165, 1.54) is 11.1 Å². The predicted octanol–water partition coefficient (Wildman–Crippen LogP) is 1.07. The first-order chi connectivity index (χ1) is 7.72. The monoisotopic (exact) mass is 239 g/mol. The standard InChI is InChI=1S/C9H10ClN5O/c1-2-3-4-16-15-5-12-6-7(10)13-9(11)14-8(6)15/h2,5H,1,3-4H2,(H2,11,13,14). The Bertz CT molecular complexity index is 524. The highest BCUT2D eigenvalue weighted by molar-refractivity contribution is 6.33. The number of anilines is 1. The van der Waals surface area contributed by atoms with Crippen molar-refractivity contribution in [2.45, 2.75) is 6.42 Å². The largest absolute Gasteiger partial charge is 0.410 e. The molecule has 0 aromatic carbocycles. The molecule has 0 aliphatic heterocycles. The highest BCUT2D eigenvalue weighted by atomic mass is 35.5. The van der Waals surface area contributed by atoms with Crippen molar-refractivity contribution in [2.75, 3.05) is 12.3 Å². The summed E-state index contributed by atoms with van der Waals surface area (Å²) in [6, 6.07) is 0. The van der Waals surface area contributed by atoms with Crippen molar-refractivity contribution >= 4 is 28.7 Å². The van der Waals surface area contributed by atoms with Crippen molar-refractivity contribution in [2.24, 2.45) is 0 Å². The first-order valence-electron chi connectivity index (χ1n) is 4.62. The van der Waals surface area contributed by atoms with Crippen molar-refractivity contribution in [1.82, 2.24) is 19.7 Å². The summed E-state index contributed by atoms with van der Waals surface area (Å²) in [5, 5.41) is 0.216. The predicted molar refractivity (Wildman–Crippen MR) is 61.0 cm³/mol. The molecule has 2 rings (SSSR count). The molecule has 0 saturated heterocycles. The van der Waals surface area contributed by atoms with Crippen LogP contribution in [0.3, 0.4) is 0 Å². The number of nitrogens with zero attached hydrogens (tertiary/aromatic N) is 4. The fourth-order valence-electron chi connectivity index (χ4n) is 1.19. The lowest BCUT2D eigenvalue weighted by molar-refractivity contribution is 0.122. The summed E-state index contributed by atoms with van der Waals surface area (Å²) in [7, 11) is 0. The van der Waals surface area contributed by atoms with E-state index in [9.17, 15) is 0 Å². The molecule has 0 aliphatic carbocycles. The molecule has 2 aromatic heterocycles. The van der Waals surface area contributed by atoms with Gasteiger partial charge in [0.25, 0.3) is 0 Å². The van der Waals surface area contributed by atoms with Crippen LogP contribution in [0.25, 0.3) is 11.2 Å². The topological polar surface area (TPSA) is 78.8 Å². The minimum absolute atomic E-state index is 0.0894. The molecule has 2 heterocycles. The van der Waals surface area contributed by atoms with Crippen LogP contribution in [0.5, 0.6) is 0 Å². The fraction of sp³-hybridized carbons (Fsp3) is 0.222. The smallest absolute Gasteiger partial charge is 0.223 e. The maximum absolute atomic E-state index is 5.86. The molecular weight excluding hydrogens is 230 g/mol. The first-order valence-corrected chi connectivity index (χ1v) is 5.00. The van der Waals surface area contributed by atoms with Crippen LogP contribution in [0, 0.1) is 0 Å². The van der Waals surface area contributed by atoms with Crippen LogP contribution in [0.2, 0.25) is 5.15 Å². The number of nitrogen functional groups attached to an aromatic ring is 1. The summed E-state index contributed by atoms with van der Waals surface area (Å²) < 4.78 is 1.42. The Hall–Kier alpha value is -1.82. The second-order valence-electron chi connectivity index (χ2n) is 3.03. The summed E-state index contributed by atoms with van der Waals surface area (Å²) in [5.74, 6) is 0.0894. The summed E-state index contributed by atoms with van der Waals surface area (Å²) in [6.07, 6.45) is 3.97. The lowest BCUT2D eigenvalue weighted by Gasteiger charge is -2.04. The van der Waals surface area contributed by atoms with Gasteiger partial charge in [0.15, 0.2) is 5.15 Å². The summed E-state index contributed by atoms with van der Waals surface area (Å²) in [6.45, 7) is 4.08. The highest BCUT2D eigenvalue weighted by Crippen LogP contribution is 2.18. The zero-order valence-electron chi connectivity index (χ0n) is 8.43. The number of halogens is 1. The Kier molecular flexibility index (Phi) is 2.91. The molecule has 0 bridgehead atoms. The van der Waals surface area contributed by atoms with Crippen LogP contribution in [0.4, 0.5) is 5.95 Å². The van der Waals surface area contributed by atoms with E-state index in [1.54, 1.807) is 6.08 Å². The molecule has 0 radical (unpaired) electrons. The third-order valence-corrected chi connectivity index (χ3v) is 2.16. The number of rotatable bonds is 4. The molecule has 0 spiro atoms. The first kappa shape index (κ1) is 10.7. The molecule has 0 aliphatic rings. The van der Waals surface area contributed by atoms with Crippen LogP contribution in [0.1, 0.15) is 6.42 Å². The summed E-state index contributed by atoms with van der Waals surface area (Å²) in [4.78, 5) is 17.2. The molecule has 16 heavy (non-hydrogen) atoms. The van der Waals surface area contributed by atoms with E-state index in [1.807, 2.05) is 0 Å². The van der Waals surface area contributed by atoms with E-state index in [-0.39, 0.29) is 11.1 Å². The minimum Gasteiger partial charge on any atom is -0.410 e. The Labute approximate surface area is 96.7 Å². The molecular formula is C9H10ClN5O. The van der Waals surface area contributed by atoms with Crippen molar-refractivity contribution in [3.8, 4) is 0 Å². The molecule has 0 fully saturated rings. The summed E-state index contributed by atoms with van der Waals surface area (Å²) >= 11 is 5.86. The molecule has 0 saturated carbocycles. The van der Waals surface area contributed by atoms with Crippen LogP contribution < -0.4 is 10.6 Å². The van der Waals surface area contributed by atoms with E-state index < -0.39 is 0 Å². The molecule has 2 N–H and O–H groups in total. The van der Waals surface area contributed by atoms with Gasteiger partial charge in [-0.3, -0.25) is 0 Å². The molecule has 6 nitrogen and oxygen atoms in total. The molecule has 84 valence electrons. The Morgan fingerprint density at radius 1 is 1.56 bits per heavy atom. The number of hydrogen-bond donors (Lipinski definition) is 1. The highest BCUT2D eigenvalue weighted by Gasteiger charge is 2.10. The summed E-state index contributed by atoms with van der Waals surface area (Å²) in [5.41, 5.74) is 6.41. The molecule has 2 aromatic rings. The van der Waals surface area contributed by atoms with Gasteiger partial charge in [0.1, 0.15) is 18.5 Å². The third-order valence-electron chi connectivity index (χ3n) is 1.89. The van der Waals surface area contributed by atoms with Crippen molar-refractivity contribution in [1.29, 1.82) is 0 Å². The average Bonchev–Trinajstić information content (AvgIpc) is 2.62. The van der Waals surface area contributed by atoms with Crippen LogP contribution in [-0.4, -0.2) is 26.3 Å². The quantitative estimate of drug-likeness (QED) is 0.490. The Morgan fingerprint density at radius 2 is 2.38 bits per heavy atom. The lowest BCUT2D eigenvalue weighted by Crippen LogP contribution is -2.12. The van der Waals surface area contributed by atoms with E-state index in [0.717, 1.165) is 6.42 Å². The van der Waals surface area contributed by atoms with Gasteiger partial charge in [0.2, 0.25) is 11.6 Å². The minimum atomic E-state index is 0.0894. The van der Waals surface area contributed by atoms with Crippen molar-refractivity contribution in [3.05, 3.63) is 24.1 Å². The van der Waals surface area contributed by atoms with Gasteiger partial charge in [-0.2, -0.15) is 14.7 Å². The van der Waals surface area contributed by atoms with Gasteiger partial charge in [-0.25, -0.2) is 4.98 Å². The van der Waals surface area contributed by atoms with E-state index in [0.29, 0.717) is 17.8 Å². The Morgan fingerprint density at radius 3 is 3.12 bits per heavy atom. The maximum atomic E-state index is 5.86. The van der Waals surface area contributed by atoms with Crippen LogP contribution in [0.15, 0.2) is 19.0 Å². The SMILES string of the molecule is C=CCCOn1cnc2c(Cl)nc(N)nc21. The third kappa shape index (κ3) is 1.92. The van der Waals surface area contributed by atoms with Gasteiger partial charge in [-0.1, -0.05) is 17.7 Å². The molecule has 7 heteroatoms. The van der Waals surface area contributed by atoms with Gasteiger partial charge in [0.05, 0.1) is 0 Å². The average molecular weight is 240 g/mol. The molecule has 0 atom stereocenters. The van der Waals surface area contributed by atoms with Gasteiger partial charge in [-0.05, 0) is 0 Å². The number of nitrogens with two attached hydrogens (primary N) is 1. The van der Waals surface area contributed by atoms with E-state index in [2.05, 4.69) is 21.5 Å². The molecule has 0 amide bonds. The van der Waals surface area contributed by atoms with Gasteiger partial charge in [0, 0.05) is 6.42 Å². The zero-order chi connectivity index (χ0) is 11.5. The maximum Gasteiger partial charge on any atom is 0.223 e. The van der Waals surface area contributed by atoms with Crippen molar-refractivity contribution < 1.29 is 4.84 Å². The van der Waals surface area contributed by atoms with Crippen LogP contribution in [-0.2, 0) is 0 Å². The second kappa shape index (κ2) is 4.36. The number of fused-ring (bicyclic) bond motifs is 1. The van der Waals surface area contributed by atoms with E-state index in [4.69, 9.17) is 22.2 Å². The number of imidazole rings is 1. The van der Waals surface area contributed by atoms with Gasteiger partial charge in [-0.15, -0.1) is 6.58 Å². The number of hydrogen-bond acceptors (Lipinski definition) is 5. The second-order valence-corrected chi connectivity index (χ2v) is 3.38. The normalized spacial score (nSPS) is 10.6. The van der Waals surface area contributed by atoms with Crippen molar-refractivity contribution in [3.63, 3.8) is 0 Å². The van der Waals surface area contributed by atoms with Crippen LogP contribution >= 0.6 is 11.6 Å². The lowest BCUT2D eigenvalue weighted by atomic mass is 10.5. The zero-order valence-corrected chi connectivity index (χ0v) is 9.18.